The molecule has 1 aliphatic rings. The van der Waals surface area contributed by atoms with Crippen molar-refractivity contribution < 1.29 is 23.8 Å². The minimum absolute atomic E-state index is 0.00909. The van der Waals surface area contributed by atoms with Crippen LogP contribution in [0.15, 0.2) is 48.7 Å². The van der Waals surface area contributed by atoms with Crippen LogP contribution in [0.3, 0.4) is 0 Å². The number of primary amides is 1. The van der Waals surface area contributed by atoms with Gasteiger partial charge < -0.3 is 20.5 Å². The van der Waals surface area contributed by atoms with E-state index in [1.807, 2.05) is 0 Å². The van der Waals surface area contributed by atoms with Crippen LogP contribution in [0.4, 0.5) is 4.39 Å². The number of aromatic hydroxyl groups is 1. The van der Waals surface area contributed by atoms with Gasteiger partial charge in [0.1, 0.15) is 23.0 Å². The predicted molar refractivity (Wildman–Crippen MR) is 120 cm³/mol. The number of hydrogen-bond donors (Lipinski definition) is 2. The minimum atomic E-state index is -0.733. The average Bonchev–Trinajstić information content (AvgIpc) is 3.21. The SMILES string of the molecule is COc1ccc(O)c(C(=O)N(Cc2cccnc2C(N)=O)[C@@H]2CCc3c(F)cc(Cl)cc32)c1. The van der Waals surface area contributed by atoms with Crippen LogP contribution >= 0.6 is 11.6 Å². The summed E-state index contributed by atoms with van der Waals surface area (Å²) in [6, 6.07) is 9.94. The number of phenols is 1. The van der Waals surface area contributed by atoms with Crippen LogP contribution in [-0.4, -0.2) is 33.9 Å². The monoisotopic (exact) mass is 469 g/mol. The Hall–Kier alpha value is -3.65. The number of carbonyl (C=O) groups is 2. The number of nitrogens with two attached hydrogens (primary N) is 1. The van der Waals surface area contributed by atoms with E-state index in [1.54, 1.807) is 18.2 Å². The van der Waals surface area contributed by atoms with Crippen molar-refractivity contribution in [1.82, 2.24) is 9.88 Å². The quantitative estimate of drug-likeness (QED) is 0.567. The second-order valence-corrected chi connectivity index (χ2v) is 8.14. The predicted octanol–water partition coefficient (Wildman–Crippen LogP) is 4.02. The first-order chi connectivity index (χ1) is 15.8. The molecular weight excluding hydrogens is 449 g/mol. The van der Waals surface area contributed by atoms with Crippen LogP contribution < -0.4 is 10.5 Å². The van der Waals surface area contributed by atoms with Crippen molar-refractivity contribution in [2.45, 2.75) is 25.4 Å². The van der Waals surface area contributed by atoms with Crippen LogP contribution in [0.25, 0.3) is 0 Å². The number of rotatable bonds is 6. The molecule has 0 fully saturated rings. The van der Waals surface area contributed by atoms with E-state index in [9.17, 15) is 19.1 Å². The minimum Gasteiger partial charge on any atom is -0.507 e. The number of fused-ring (bicyclic) bond motifs is 1. The van der Waals surface area contributed by atoms with Crippen molar-refractivity contribution in [3.8, 4) is 11.5 Å². The second-order valence-electron chi connectivity index (χ2n) is 7.70. The summed E-state index contributed by atoms with van der Waals surface area (Å²) < 4.78 is 19.8. The molecule has 4 rings (SSSR count). The number of carbonyl (C=O) groups excluding carboxylic acids is 2. The van der Waals surface area contributed by atoms with E-state index in [0.29, 0.717) is 35.3 Å². The second kappa shape index (κ2) is 9.07. The first kappa shape index (κ1) is 22.5. The molecule has 0 aliphatic heterocycles. The highest BCUT2D eigenvalue weighted by atomic mass is 35.5. The molecule has 1 atom stereocenters. The smallest absolute Gasteiger partial charge is 0.267 e. The van der Waals surface area contributed by atoms with Crippen LogP contribution in [0.2, 0.25) is 5.02 Å². The molecule has 3 N–H and O–H groups in total. The standard InChI is InChI=1S/C24H21ClFN3O4/c1-33-15-4-7-21(30)18(11-15)24(32)29(12-13-3-2-8-28-22(13)23(27)31)20-6-5-16-17(20)9-14(25)10-19(16)26/h2-4,7-11,20,30H,5-6,12H2,1H3,(H2,27,31)/t20-/m1/s1. The number of amides is 2. The topological polar surface area (TPSA) is 106 Å². The number of pyridine rings is 1. The number of ether oxygens (including phenoxy) is 1. The summed E-state index contributed by atoms with van der Waals surface area (Å²) in [6.07, 6.45) is 2.28. The molecule has 0 unspecified atom stereocenters. The molecule has 1 heterocycles. The number of phenolic OH excluding ortho intramolecular Hbond substituents is 1. The zero-order chi connectivity index (χ0) is 23.7. The van der Waals surface area contributed by atoms with Gasteiger partial charge >= 0.3 is 0 Å². The molecular formula is C24H21ClFN3O4. The summed E-state index contributed by atoms with van der Waals surface area (Å²) in [6.45, 7) is -0.0418. The van der Waals surface area contributed by atoms with Gasteiger partial charge in [-0.25, -0.2) is 4.39 Å². The van der Waals surface area contributed by atoms with E-state index in [-0.39, 0.29) is 28.6 Å². The van der Waals surface area contributed by atoms with Gasteiger partial charge in [0.25, 0.3) is 11.8 Å². The third kappa shape index (κ3) is 4.34. The highest BCUT2D eigenvalue weighted by Crippen LogP contribution is 2.41. The lowest BCUT2D eigenvalue weighted by Gasteiger charge is -2.31. The summed E-state index contributed by atoms with van der Waals surface area (Å²) in [7, 11) is 1.45. The Labute approximate surface area is 194 Å². The van der Waals surface area contributed by atoms with Gasteiger partial charge in [0, 0.05) is 23.3 Å². The molecule has 3 aromatic rings. The molecule has 2 amide bonds. The lowest BCUT2D eigenvalue weighted by Crippen LogP contribution is -2.34. The van der Waals surface area contributed by atoms with Crippen molar-refractivity contribution in [3.63, 3.8) is 0 Å². The normalized spacial score (nSPS) is 14.6. The number of methoxy groups -OCH3 is 1. The van der Waals surface area contributed by atoms with Crippen LogP contribution in [0.5, 0.6) is 11.5 Å². The van der Waals surface area contributed by atoms with Gasteiger partial charge in [-0.15, -0.1) is 0 Å². The molecule has 0 radical (unpaired) electrons. The summed E-state index contributed by atoms with van der Waals surface area (Å²) in [5.41, 5.74) is 7.01. The fourth-order valence-electron chi connectivity index (χ4n) is 4.21. The van der Waals surface area contributed by atoms with E-state index in [1.165, 1.54) is 42.5 Å². The van der Waals surface area contributed by atoms with E-state index in [0.717, 1.165) is 0 Å². The average molecular weight is 470 g/mol. The third-order valence-electron chi connectivity index (χ3n) is 5.76. The van der Waals surface area contributed by atoms with E-state index in [4.69, 9.17) is 22.1 Å². The molecule has 0 spiro atoms. The largest absolute Gasteiger partial charge is 0.507 e. The highest BCUT2D eigenvalue weighted by Gasteiger charge is 2.35. The lowest BCUT2D eigenvalue weighted by atomic mass is 10.0. The molecule has 33 heavy (non-hydrogen) atoms. The van der Waals surface area contributed by atoms with Gasteiger partial charge in [-0.2, -0.15) is 0 Å². The third-order valence-corrected chi connectivity index (χ3v) is 5.98. The van der Waals surface area contributed by atoms with Gasteiger partial charge in [0.05, 0.1) is 18.7 Å². The fraction of sp³-hybridized carbons (Fsp3) is 0.208. The van der Waals surface area contributed by atoms with Crippen LogP contribution in [0, 0.1) is 5.82 Å². The van der Waals surface area contributed by atoms with Gasteiger partial charge in [0.15, 0.2) is 0 Å². The van der Waals surface area contributed by atoms with E-state index < -0.39 is 23.7 Å². The Kier molecular flexibility index (Phi) is 6.20. The van der Waals surface area contributed by atoms with E-state index in [2.05, 4.69) is 4.98 Å². The van der Waals surface area contributed by atoms with Crippen molar-refractivity contribution in [2.24, 2.45) is 5.73 Å². The van der Waals surface area contributed by atoms with Gasteiger partial charge in [0.2, 0.25) is 0 Å². The number of benzene rings is 2. The van der Waals surface area contributed by atoms with Crippen molar-refractivity contribution in [1.29, 1.82) is 0 Å². The molecule has 2 aromatic carbocycles. The van der Waals surface area contributed by atoms with Gasteiger partial charge in [-0.1, -0.05) is 17.7 Å². The van der Waals surface area contributed by atoms with Gasteiger partial charge in [-0.05, 0) is 60.4 Å². The first-order valence-electron chi connectivity index (χ1n) is 10.2. The number of halogens is 2. The first-order valence-corrected chi connectivity index (χ1v) is 10.6. The molecule has 1 aromatic heterocycles. The molecule has 7 nitrogen and oxygen atoms in total. The lowest BCUT2D eigenvalue weighted by molar-refractivity contribution is 0.0652. The Morgan fingerprint density at radius 3 is 2.82 bits per heavy atom. The fourth-order valence-corrected chi connectivity index (χ4v) is 4.42. The summed E-state index contributed by atoms with van der Waals surface area (Å²) in [5, 5.41) is 10.6. The molecule has 0 saturated heterocycles. The Morgan fingerprint density at radius 1 is 1.30 bits per heavy atom. The Morgan fingerprint density at radius 2 is 2.09 bits per heavy atom. The van der Waals surface area contributed by atoms with Crippen molar-refractivity contribution in [3.05, 3.63) is 87.4 Å². The molecule has 9 heteroatoms. The molecule has 0 saturated carbocycles. The maximum Gasteiger partial charge on any atom is 0.267 e. The summed E-state index contributed by atoms with van der Waals surface area (Å²) in [5.74, 6) is -1.54. The Bertz CT molecular complexity index is 1250. The highest BCUT2D eigenvalue weighted by molar-refractivity contribution is 6.30. The molecule has 170 valence electrons. The summed E-state index contributed by atoms with van der Waals surface area (Å²) in [4.78, 5) is 31.2. The van der Waals surface area contributed by atoms with Crippen LogP contribution in [0.1, 0.15) is 50.0 Å². The number of nitrogens with zero attached hydrogens (tertiary/aromatic N) is 2. The van der Waals surface area contributed by atoms with Crippen LogP contribution in [-0.2, 0) is 13.0 Å². The van der Waals surface area contributed by atoms with E-state index >= 15 is 0 Å². The summed E-state index contributed by atoms with van der Waals surface area (Å²) >= 11 is 6.12. The van der Waals surface area contributed by atoms with Crippen molar-refractivity contribution in [2.75, 3.05) is 7.11 Å². The van der Waals surface area contributed by atoms with Crippen molar-refractivity contribution >= 4 is 23.4 Å². The molecule has 1 aliphatic carbocycles. The molecule has 0 bridgehead atoms. The Balaban J connectivity index is 1.83. The number of aromatic nitrogens is 1. The zero-order valence-electron chi connectivity index (χ0n) is 17.7. The maximum absolute atomic E-state index is 14.6. The zero-order valence-corrected chi connectivity index (χ0v) is 18.5. The van der Waals surface area contributed by atoms with Gasteiger partial charge in [-0.3, -0.25) is 14.6 Å². The maximum atomic E-state index is 14.6. The number of hydrogen-bond acceptors (Lipinski definition) is 5.